The number of pyridine rings is 1. The average Bonchev–Trinajstić information content (AvgIpc) is 3.27. The van der Waals surface area contributed by atoms with Gasteiger partial charge in [-0.1, -0.05) is 0 Å². The summed E-state index contributed by atoms with van der Waals surface area (Å²) in [5, 5.41) is 10.2. The largest absolute Gasteiger partial charge is 0.350 e. The SMILES string of the molecule is CC(C)n1c(=O)c(-c2ccc(NS(=O)(=O)Cc3ccn(C)n3)nc2)nc2cnc(N[C@@H]3CNC[C@@H](F)C3)nc21. The topological polar surface area (TPSA) is 162 Å². The number of hydrogen-bond acceptors (Lipinski definition) is 10. The van der Waals surface area contributed by atoms with Crippen LogP contribution in [0.4, 0.5) is 16.2 Å². The zero-order chi connectivity index (χ0) is 27.7. The quantitative estimate of drug-likeness (QED) is 0.291. The highest BCUT2D eigenvalue weighted by molar-refractivity contribution is 7.91. The van der Waals surface area contributed by atoms with Crippen LogP contribution < -0.4 is 20.9 Å². The molecule has 2 atom stereocenters. The molecule has 5 rings (SSSR count). The van der Waals surface area contributed by atoms with Crippen LogP contribution in [0.5, 0.6) is 0 Å². The van der Waals surface area contributed by atoms with E-state index >= 15 is 0 Å². The number of anilines is 2. The summed E-state index contributed by atoms with van der Waals surface area (Å²) in [4.78, 5) is 31.1. The van der Waals surface area contributed by atoms with E-state index in [1.165, 1.54) is 27.7 Å². The first kappa shape index (κ1) is 26.6. The summed E-state index contributed by atoms with van der Waals surface area (Å²) in [6, 6.07) is 4.24. The predicted molar refractivity (Wildman–Crippen MR) is 144 cm³/mol. The molecule has 0 unspecified atom stereocenters. The van der Waals surface area contributed by atoms with Gasteiger partial charge in [-0.05, 0) is 32.0 Å². The lowest BCUT2D eigenvalue weighted by atomic mass is 10.1. The Bertz CT molecular complexity index is 1650. The molecular formula is C24H29FN10O3S. The lowest BCUT2D eigenvalue weighted by Crippen LogP contribution is -2.44. The molecule has 39 heavy (non-hydrogen) atoms. The molecular weight excluding hydrogens is 527 g/mol. The molecule has 13 nitrogen and oxygen atoms in total. The summed E-state index contributed by atoms with van der Waals surface area (Å²) in [6.07, 6.45) is 3.95. The molecule has 4 aromatic rings. The Morgan fingerprint density at radius 2 is 1.97 bits per heavy atom. The van der Waals surface area contributed by atoms with Crippen LogP contribution in [0.25, 0.3) is 22.4 Å². The van der Waals surface area contributed by atoms with Gasteiger partial charge < -0.3 is 10.6 Å². The minimum atomic E-state index is -3.74. The molecule has 0 amide bonds. The van der Waals surface area contributed by atoms with Gasteiger partial charge in [0.25, 0.3) is 5.56 Å². The molecule has 0 saturated carbocycles. The molecule has 5 heterocycles. The van der Waals surface area contributed by atoms with Crippen molar-refractivity contribution < 1.29 is 12.8 Å². The maximum absolute atomic E-state index is 13.8. The number of nitrogens with one attached hydrogen (secondary N) is 3. The zero-order valence-corrected chi connectivity index (χ0v) is 22.5. The molecule has 3 N–H and O–H groups in total. The van der Waals surface area contributed by atoms with E-state index in [4.69, 9.17) is 0 Å². The van der Waals surface area contributed by atoms with Gasteiger partial charge in [0.15, 0.2) is 5.65 Å². The number of rotatable bonds is 8. The van der Waals surface area contributed by atoms with Gasteiger partial charge in [-0.2, -0.15) is 10.1 Å². The number of alkyl halides is 1. The van der Waals surface area contributed by atoms with Gasteiger partial charge in [0.05, 0.1) is 11.9 Å². The summed E-state index contributed by atoms with van der Waals surface area (Å²) in [6.45, 7) is 4.62. The van der Waals surface area contributed by atoms with E-state index in [-0.39, 0.29) is 40.9 Å². The number of sulfonamides is 1. The fourth-order valence-corrected chi connectivity index (χ4v) is 5.50. The van der Waals surface area contributed by atoms with Crippen molar-refractivity contribution in [1.82, 2.24) is 39.6 Å². The molecule has 1 fully saturated rings. The smallest absolute Gasteiger partial charge is 0.279 e. The highest BCUT2D eigenvalue weighted by atomic mass is 32.2. The van der Waals surface area contributed by atoms with Crippen LogP contribution in [-0.2, 0) is 22.8 Å². The van der Waals surface area contributed by atoms with Crippen molar-refractivity contribution in [2.75, 3.05) is 23.1 Å². The zero-order valence-electron chi connectivity index (χ0n) is 21.7. The second kappa shape index (κ2) is 10.6. The minimum absolute atomic E-state index is 0.103. The molecule has 0 aromatic carbocycles. The lowest BCUT2D eigenvalue weighted by Gasteiger charge is -2.26. The van der Waals surface area contributed by atoms with Gasteiger partial charge in [0.1, 0.15) is 29.0 Å². The maximum Gasteiger partial charge on any atom is 0.279 e. The second-order valence-corrected chi connectivity index (χ2v) is 11.5. The van der Waals surface area contributed by atoms with E-state index in [1.807, 2.05) is 13.8 Å². The van der Waals surface area contributed by atoms with Crippen LogP contribution in [0, 0.1) is 0 Å². The molecule has 0 aliphatic carbocycles. The first-order valence-corrected chi connectivity index (χ1v) is 14.1. The molecule has 1 aliphatic heterocycles. The Balaban J connectivity index is 1.41. The van der Waals surface area contributed by atoms with Crippen LogP contribution in [0.1, 0.15) is 32.0 Å². The summed E-state index contributed by atoms with van der Waals surface area (Å²) in [7, 11) is -2.04. The van der Waals surface area contributed by atoms with Crippen LogP contribution in [0.2, 0.25) is 0 Å². The third-order valence-electron chi connectivity index (χ3n) is 6.18. The highest BCUT2D eigenvalue weighted by Crippen LogP contribution is 2.21. The first-order valence-electron chi connectivity index (χ1n) is 12.4. The first-order chi connectivity index (χ1) is 18.6. The molecule has 4 aromatic heterocycles. The second-order valence-electron chi connectivity index (χ2n) is 9.74. The fourth-order valence-electron chi connectivity index (χ4n) is 4.44. The van der Waals surface area contributed by atoms with Gasteiger partial charge in [-0.15, -0.1) is 0 Å². The van der Waals surface area contributed by atoms with E-state index in [9.17, 15) is 17.6 Å². The van der Waals surface area contributed by atoms with E-state index in [2.05, 4.69) is 40.4 Å². The fraction of sp³-hybridized carbons (Fsp3) is 0.417. The normalized spacial score (nSPS) is 18.0. The molecule has 1 saturated heterocycles. The van der Waals surface area contributed by atoms with Crippen molar-refractivity contribution in [3.63, 3.8) is 0 Å². The Morgan fingerprint density at radius 3 is 2.64 bits per heavy atom. The third-order valence-corrected chi connectivity index (χ3v) is 7.38. The summed E-state index contributed by atoms with van der Waals surface area (Å²) in [5.74, 6) is 0.0904. The molecule has 1 aliphatic rings. The number of nitrogens with zero attached hydrogens (tertiary/aromatic N) is 7. The summed E-state index contributed by atoms with van der Waals surface area (Å²) < 4.78 is 44.3. The van der Waals surface area contributed by atoms with Crippen LogP contribution in [-0.4, -0.2) is 68.0 Å². The summed E-state index contributed by atoms with van der Waals surface area (Å²) >= 11 is 0. The van der Waals surface area contributed by atoms with Crippen molar-refractivity contribution in [3.8, 4) is 11.3 Å². The van der Waals surface area contributed by atoms with Gasteiger partial charge >= 0.3 is 0 Å². The van der Waals surface area contributed by atoms with E-state index in [1.54, 1.807) is 25.4 Å². The number of aromatic nitrogens is 7. The Labute approximate surface area is 224 Å². The number of hydrogen-bond donors (Lipinski definition) is 3. The van der Waals surface area contributed by atoms with Crippen LogP contribution >= 0.6 is 0 Å². The van der Waals surface area contributed by atoms with Gasteiger partial charge in [-0.25, -0.2) is 27.8 Å². The predicted octanol–water partition coefficient (Wildman–Crippen LogP) is 1.62. The maximum atomic E-state index is 13.8. The summed E-state index contributed by atoms with van der Waals surface area (Å²) in [5.41, 5.74) is 1.31. The van der Waals surface area contributed by atoms with Gasteiger partial charge in [-0.3, -0.25) is 18.8 Å². The molecule has 15 heteroatoms. The van der Waals surface area contributed by atoms with Crippen molar-refractivity contribution >= 4 is 33.0 Å². The molecule has 0 radical (unpaired) electrons. The van der Waals surface area contributed by atoms with Crippen molar-refractivity contribution in [3.05, 3.63) is 52.8 Å². The monoisotopic (exact) mass is 556 g/mol. The van der Waals surface area contributed by atoms with Crippen molar-refractivity contribution in [2.24, 2.45) is 7.05 Å². The minimum Gasteiger partial charge on any atom is -0.350 e. The number of halogens is 1. The van der Waals surface area contributed by atoms with Gasteiger partial charge in [0, 0.05) is 56.6 Å². The van der Waals surface area contributed by atoms with Crippen LogP contribution in [0.3, 0.4) is 0 Å². The number of aryl methyl sites for hydroxylation is 1. The average molecular weight is 557 g/mol. The number of fused-ring (bicyclic) bond motifs is 1. The Hall–Kier alpha value is -3.98. The lowest BCUT2D eigenvalue weighted by molar-refractivity contribution is 0.254. The van der Waals surface area contributed by atoms with Crippen molar-refractivity contribution in [2.45, 2.75) is 44.3 Å². The molecule has 206 valence electrons. The number of piperidine rings is 1. The van der Waals surface area contributed by atoms with Crippen molar-refractivity contribution in [1.29, 1.82) is 0 Å². The standard InChI is InChI=1S/C24H29FN10O3S/c1-14(2)35-22-19(12-28-24(31-22)29-18-8-16(25)10-26-11-18)30-21(23(35)36)15-4-5-20(27-9-15)33-39(37,38)13-17-6-7-34(3)32-17/h4-7,9,12,14,16,18,26H,8,10-11,13H2,1-3H3,(H,27,33)(H,28,29,31)/t16-,18-/m0/s1. The van der Waals surface area contributed by atoms with E-state index in [0.717, 1.165) is 0 Å². The molecule has 0 spiro atoms. The highest BCUT2D eigenvalue weighted by Gasteiger charge is 2.23. The van der Waals surface area contributed by atoms with E-state index < -0.39 is 16.2 Å². The Morgan fingerprint density at radius 1 is 1.15 bits per heavy atom. The Kier molecular flexibility index (Phi) is 7.27. The molecule has 0 bridgehead atoms. The van der Waals surface area contributed by atoms with Crippen LogP contribution in [0.15, 0.2) is 41.6 Å². The van der Waals surface area contributed by atoms with Gasteiger partial charge in [0.2, 0.25) is 16.0 Å². The van der Waals surface area contributed by atoms with E-state index in [0.29, 0.717) is 41.9 Å². The third kappa shape index (κ3) is 6.04.